The third kappa shape index (κ3) is 5.51. The van der Waals surface area contributed by atoms with E-state index in [4.69, 9.17) is 0 Å². The third-order valence-electron chi connectivity index (χ3n) is 5.64. The van der Waals surface area contributed by atoms with Crippen LogP contribution in [0.4, 0.5) is 4.39 Å². The van der Waals surface area contributed by atoms with Gasteiger partial charge in [0.25, 0.3) is 0 Å². The second-order valence-electron chi connectivity index (χ2n) is 7.91. The third-order valence-corrected chi connectivity index (χ3v) is 9.05. The number of nitrogens with one attached hydrogen (secondary N) is 1. The molecule has 3 rings (SSSR count). The molecule has 1 unspecified atom stereocenters. The van der Waals surface area contributed by atoms with Crippen molar-refractivity contribution in [2.75, 3.05) is 25.9 Å². The molecule has 0 radical (unpaired) electrons. The molecule has 0 bridgehead atoms. The molecule has 1 saturated heterocycles. The summed E-state index contributed by atoms with van der Waals surface area (Å²) in [6.45, 7) is 1.79. The molecule has 1 N–H and O–H groups in total. The fourth-order valence-electron chi connectivity index (χ4n) is 3.72. The van der Waals surface area contributed by atoms with Crippen molar-refractivity contribution >= 4 is 25.8 Å². The van der Waals surface area contributed by atoms with Crippen molar-refractivity contribution in [3.63, 3.8) is 0 Å². The molecule has 0 saturated carbocycles. The normalized spacial score (nSPS) is 17.1. The van der Waals surface area contributed by atoms with Crippen molar-refractivity contribution < 1.29 is 26.0 Å². The molecule has 1 fully saturated rings. The number of amides is 1. The molecule has 1 aromatic heterocycles. The number of sulfone groups is 1. The molecule has 8 nitrogen and oxygen atoms in total. The molecule has 11 heteroatoms. The standard InChI is InChI=1S/C21H26FN3O5S2/c1-15-12-18(5-6-19(15)22)32(29,30)20(17-4-3-9-23-13-17)14-24-21(26)16-7-10-25(11-8-16)31(2,27)28/h3-6,9,12-13,16,20H,7-8,10-11,14H2,1-2H3,(H,24,26). The highest BCUT2D eigenvalue weighted by Gasteiger charge is 2.33. The predicted octanol–water partition coefficient (Wildman–Crippen LogP) is 1.83. The molecule has 1 aliphatic heterocycles. The van der Waals surface area contributed by atoms with E-state index >= 15 is 0 Å². The van der Waals surface area contributed by atoms with Gasteiger partial charge in [-0.1, -0.05) is 6.07 Å². The van der Waals surface area contributed by atoms with Gasteiger partial charge in [0.05, 0.1) is 11.2 Å². The Labute approximate surface area is 187 Å². The van der Waals surface area contributed by atoms with Crippen molar-refractivity contribution in [2.24, 2.45) is 5.92 Å². The van der Waals surface area contributed by atoms with Crippen LogP contribution >= 0.6 is 0 Å². The van der Waals surface area contributed by atoms with Gasteiger partial charge in [-0.15, -0.1) is 0 Å². The minimum atomic E-state index is -3.96. The number of benzene rings is 1. The molecule has 32 heavy (non-hydrogen) atoms. The van der Waals surface area contributed by atoms with E-state index in [1.807, 2.05) is 0 Å². The van der Waals surface area contributed by atoms with Crippen LogP contribution in [0, 0.1) is 18.7 Å². The van der Waals surface area contributed by atoms with E-state index in [2.05, 4.69) is 10.3 Å². The van der Waals surface area contributed by atoms with Gasteiger partial charge < -0.3 is 5.32 Å². The molecular weight excluding hydrogens is 457 g/mol. The van der Waals surface area contributed by atoms with Gasteiger partial charge in [0.15, 0.2) is 9.84 Å². The SMILES string of the molecule is Cc1cc(S(=O)(=O)C(CNC(=O)C2CCN(S(C)(=O)=O)CC2)c2cccnc2)ccc1F. The zero-order valence-corrected chi connectivity index (χ0v) is 19.5. The summed E-state index contributed by atoms with van der Waals surface area (Å²) in [5.41, 5.74) is 0.611. The molecule has 1 atom stereocenters. The minimum Gasteiger partial charge on any atom is -0.354 e. The number of sulfonamides is 1. The number of halogens is 1. The van der Waals surface area contributed by atoms with Crippen molar-refractivity contribution in [1.29, 1.82) is 0 Å². The van der Waals surface area contributed by atoms with Crippen LogP contribution < -0.4 is 5.32 Å². The molecule has 174 valence electrons. The number of aromatic nitrogens is 1. The lowest BCUT2D eigenvalue weighted by Crippen LogP contribution is -2.43. The zero-order chi connectivity index (χ0) is 23.5. The van der Waals surface area contributed by atoms with Gasteiger partial charge in [0.1, 0.15) is 11.1 Å². The van der Waals surface area contributed by atoms with Gasteiger partial charge in [-0.2, -0.15) is 0 Å². The highest BCUT2D eigenvalue weighted by atomic mass is 32.2. The Morgan fingerprint density at radius 3 is 2.47 bits per heavy atom. The van der Waals surface area contributed by atoms with Crippen LogP contribution in [0.2, 0.25) is 0 Å². The lowest BCUT2D eigenvalue weighted by molar-refractivity contribution is -0.126. The van der Waals surface area contributed by atoms with E-state index < -0.39 is 36.8 Å². The molecule has 1 aliphatic rings. The molecule has 1 aromatic carbocycles. The van der Waals surface area contributed by atoms with E-state index in [0.29, 0.717) is 18.4 Å². The fourth-order valence-corrected chi connectivity index (χ4v) is 6.32. The number of hydrogen-bond acceptors (Lipinski definition) is 6. The second kappa shape index (κ2) is 9.63. The zero-order valence-electron chi connectivity index (χ0n) is 17.9. The Kier molecular flexibility index (Phi) is 7.31. The van der Waals surface area contributed by atoms with Crippen LogP contribution in [0.5, 0.6) is 0 Å². The van der Waals surface area contributed by atoms with Gasteiger partial charge in [-0.25, -0.2) is 25.5 Å². The van der Waals surface area contributed by atoms with Crippen LogP contribution in [0.1, 0.15) is 29.2 Å². The number of piperidine rings is 1. The maximum absolute atomic E-state index is 13.7. The summed E-state index contributed by atoms with van der Waals surface area (Å²) in [7, 11) is -7.26. The predicted molar refractivity (Wildman–Crippen MR) is 117 cm³/mol. The molecular formula is C21H26FN3O5S2. The molecule has 0 aliphatic carbocycles. The first-order valence-electron chi connectivity index (χ1n) is 10.1. The van der Waals surface area contributed by atoms with Gasteiger partial charge >= 0.3 is 0 Å². The Bertz CT molecular complexity index is 1180. The Morgan fingerprint density at radius 1 is 1.22 bits per heavy atom. The van der Waals surface area contributed by atoms with Crippen molar-refractivity contribution in [3.05, 3.63) is 59.7 Å². The first kappa shape index (κ1) is 24.3. The lowest BCUT2D eigenvalue weighted by atomic mass is 9.97. The largest absolute Gasteiger partial charge is 0.354 e. The smallest absolute Gasteiger partial charge is 0.223 e. The van der Waals surface area contributed by atoms with E-state index in [9.17, 15) is 26.0 Å². The number of carbonyl (C=O) groups is 1. The highest BCUT2D eigenvalue weighted by molar-refractivity contribution is 7.91. The molecule has 1 amide bonds. The fraction of sp³-hybridized carbons (Fsp3) is 0.429. The van der Waals surface area contributed by atoms with E-state index in [1.54, 1.807) is 12.1 Å². The Balaban J connectivity index is 1.78. The maximum Gasteiger partial charge on any atom is 0.223 e. The van der Waals surface area contributed by atoms with Crippen LogP contribution in [0.25, 0.3) is 0 Å². The minimum absolute atomic E-state index is 0.0408. The number of hydrogen-bond donors (Lipinski definition) is 1. The van der Waals surface area contributed by atoms with Crippen LogP contribution in [-0.2, 0) is 24.7 Å². The summed E-state index contributed by atoms with van der Waals surface area (Å²) < 4.78 is 65.0. The van der Waals surface area contributed by atoms with Crippen molar-refractivity contribution in [2.45, 2.75) is 29.9 Å². The quantitative estimate of drug-likeness (QED) is 0.601. The van der Waals surface area contributed by atoms with E-state index in [1.165, 1.54) is 35.8 Å². The number of aryl methyl sites for hydroxylation is 1. The highest BCUT2D eigenvalue weighted by Crippen LogP contribution is 2.29. The number of rotatable bonds is 7. The monoisotopic (exact) mass is 483 g/mol. The average molecular weight is 484 g/mol. The van der Waals surface area contributed by atoms with Gasteiger partial charge in [-0.05, 0) is 55.2 Å². The average Bonchev–Trinajstić information content (AvgIpc) is 2.75. The van der Waals surface area contributed by atoms with E-state index in [-0.39, 0.29) is 36.0 Å². The first-order valence-corrected chi connectivity index (χ1v) is 13.5. The summed E-state index contributed by atoms with van der Waals surface area (Å²) in [5.74, 6) is -1.23. The van der Waals surface area contributed by atoms with E-state index in [0.717, 1.165) is 12.3 Å². The second-order valence-corrected chi connectivity index (χ2v) is 12.0. The van der Waals surface area contributed by atoms with Crippen molar-refractivity contribution in [1.82, 2.24) is 14.6 Å². The topological polar surface area (TPSA) is 114 Å². The molecule has 2 heterocycles. The first-order chi connectivity index (χ1) is 15.0. The number of pyridine rings is 1. The summed E-state index contributed by atoms with van der Waals surface area (Å²) in [6.07, 6.45) is 4.80. The molecule has 0 spiro atoms. The molecule has 2 aromatic rings. The summed E-state index contributed by atoms with van der Waals surface area (Å²) in [4.78, 5) is 16.7. The van der Waals surface area contributed by atoms with Gasteiger partial charge in [0.2, 0.25) is 15.9 Å². The van der Waals surface area contributed by atoms with Crippen LogP contribution in [0.3, 0.4) is 0 Å². The van der Waals surface area contributed by atoms with Crippen LogP contribution in [0.15, 0.2) is 47.6 Å². The van der Waals surface area contributed by atoms with Gasteiger partial charge in [0, 0.05) is 37.9 Å². The number of nitrogens with zero attached hydrogens (tertiary/aromatic N) is 2. The lowest BCUT2D eigenvalue weighted by Gasteiger charge is -2.29. The number of carbonyl (C=O) groups excluding carboxylic acids is 1. The summed E-state index contributed by atoms with van der Waals surface area (Å²) in [5, 5.41) is 1.61. The Morgan fingerprint density at radius 2 is 1.91 bits per heavy atom. The maximum atomic E-state index is 13.7. The van der Waals surface area contributed by atoms with Crippen LogP contribution in [-0.4, -0.2) is 57.9 Å². The Hall–Kier alpha value is -2.37. The summed E-state index contributed by atoms with van der Waals surface area (Å²) >= 11 is 0. The van der Waals surface area contributed by atoms with Crippen molar-refractivity contribution in [3.8, 4) is 0 Å². The summed E-state index contributed by atoms with van der Waals surface area (Å²) in [6, 6.07) is 6.82. The van der Waals surface area contributed by atoms with Gasteiger partial charge in [-0.3, -0.25) is 9.78 Å².